The van der Waals surface area contributed by atoms with Crippen LogP contribution in [0.15, 0.2) is 53.6 Å². The Morgan fingerprint density at radius 2 is 1.94 bits per heavy atom. The van der Waals surface area contributed by atoms with E-state index in [1.54, 1.807) is 13.3 Å². The average Bonchev–Trinajstić information content (AvgIpc) is 2.71. The Bertz CT molecular complexity index is 899. The summed E-state index contributed by atoms with van der Waals surface area (Å²) in [5.41, 5.74) is 5.28. The Morgan fingerprint density at radius 1 is 1.16 bits per heavy atom. The van der Waals surface area contributed by atoms with Gasteiger partial charge in [0.15, 0.2) is 16.6 Å². The molecule has 0 bridgehead atoms. The van der Waals surface area contributed by atoms with Crippen molar-refractivity contribution in [3.05, 3.63) is 59.7 Å². The molecule has 5 nitrogen and oxygen atoms in total. The molecule has 0 heterocycles. The maximum Gasteiger partial charge on any atom is 0.187 e. The zero-order valence-electron chi connectivity index (χ0n) is 18.9. The van der Waals surface area contributed by atoms with Gasteiger partial charge in [0.1, 0.15) is 6.61 Å². The van der Waals surface area contributed by atoms with Crippen molar-refractivity contribution in [2.45, 2.75) is 52.7 Å². The molecule has 0 radical (unpaired) electrons. The van der Waals surface area contributed by atoms with Crippen molar-refractivity contribution in [1.82, 2.24) is 10.7 Å². The molecule has 2 aromatic rings. The molecule has 2 unspecified atom stereocenters. The summed E-state index contributed by atoms with van der Waals surface area (Å²) in [6, 6.07) is 16.1. The van der Waals surface area contributed by atoms with Crippen LogP contribution in [0.25, 0.3) is 0 Å². The normalized spacial score (nSPS) is 20.3. The Labute approximate surface area is 191 Å². The first-order valence-corrected chi connectivity index (χ1v) is 11.2. The number of nitrogens with zero attached hydrogens (tertiary/aromatic N) is 1. The highest BCUT2D eigenvalue weighted by Gasteiger charge is 2.32. The molecule has 2 atom stereocenters. The monoisotopic (exact) mass is 439 g/mol. The maximum absolute atomic E-state index is 5.97. The lowest BCUT2D eigenvalue weighted by Crippen LogP contribution is -2.45. The fourth-order valence-corrected chi connectivity index (χ4v) is 4.68. The summed E-state index contributed by atoms with van der Waals surface area (Å²) >= 11 is 5.44. The van der Waals surface area contributed by atoms with Gasteiger partial charge in [-0.3, -0.25) is 5.43 Å². The van der Waals surface area contributed by atoms with E-state index in [1.165, 1.54) is 6.42 Å². The second-order valence-electron chi connectivity index (χ2n) is 9.14. The number of thiocarbonyl (C=S) groups is 1. The van der Waals surface area contributed by atoms with Crippen LogP contribution in [0.5, 0.6) is 11.5 Å². The molecule has 0 spiro atoms. The quantitative estimate of drug-likeness (QED) is 0.349. The predicted octanol–water partition coefficient (Wildman–Crippen LogP) is 5.29. The van der Waals surface area contributed by atoms with Gasteiger partial charge in [-0.1, -0.05) is 51.1 Å². The summed E-state index contributed by atoms with van der Waals surface area (Å²) in [5.74, 6) is 2.06. The van der Waals surface area contributed by atoms with Crippen LogP contribution in [0.4, 0.5) is 0 Å². The van der Waals surface area contributed by atoms with Crippen molar-refractivity contribution in [2.75, 3.05) is 7.11 Å². The van der Waals surface area contributed by atoms with Crippen LogP contribution < -0.4 is 20.2 Å². The highest BCUT2D eigenvalue weighted by Crippen LogP contribution is 2.38. The number of hydrogen-bond donors (Lipinski definition) is 2. The Balaban J connectivity index is 1.55. The van der Waals surface area contributed by atoms with E-state index in [0.717, 1.165) is 24.0 Å². The van der Waals surface area contributed by atoms with Gasteiger partial charge < -0.3 is 14.8 Å². The van der Waals surface area contributed by atoms with Crippen molar-refractivity contribution in [3.8, 4) is 11.5 Å². The van der Waals surface area contributed by atoms with Crippen molar-refractivity contribution < 1.29 is 9.47 Å². The van der Waals surface area contributed by atoms with Crippen molar-refractivity contribution in [2.24, 2.45) is 16.4 Å². The molecule has 2 aromatic carbocycles. The lowest BCUT2D eigenvalue weighted by molar-refractivity contribution is 0.161. The van der Waals surface area contributed by atoms with Gasteiger partial charge in [-0.25, -0.2) is 0 Å². The number of hydrogen-bond acceptors (Lipinski definition) is 4. The van der Waals surface area contributed by atoms with E-state index in [0.29, 0.717) is 40.6 Å². The summed E-state index contributed by atoms with van der Waals surface area (Å²) in [7, 11) is 1.64. The van der Waals surface area contributed by atoms with Crippen molar-refractivity contribution in [1.29, 1.82) is 0 Å². The van der Waals surface area contributed by atoms with Gasteiger partial charge in [-0.05, 0) is 72.1 Å². The number of ether oxygens (including phenoxy) is 2. The molecule has 0 saturated heterocycles. The van der Waals surface area contributed by atoms with E-state index in [9.17, 15) is 0 Å². The van der Waals surface area contributed by atoms with Gasteiger partial charge in [0.2, 0.25) is 0 Å². The van der Waals surface area contributed by atoms with E-state index in [-0.39, 0.29) is 0 Å². The molecule has 1 fully saturated rings. The lowest BCUT2D eigenvalue weighted by Gasteiger charge is -2.39. The molecule has 1 aliphatic rings. The minimum Gasteiger partial charge on any atom is -0.493 e. The van der Waals surface area contributed by atoms with Crippen LogP contribution in [0.2, 0.25) is 0 Å². The standard InChI is InChI=1S/C25H33N3O2S/c1-18-12-21(15-25(2,3)14-18)27-24(31)28-26-16-20-10-11-22(29-4)23(13-20)30-17-19-8-6-5-7-9-19/h5-11,13,16,18,21H,12,14-15,17H2,1-4H3,(H2,27,28,31)/b26-16-. The Kier molecular flexibility index (Phi) is 7.91. The fraction of sp³-hybridized carbons (Fsp3) is 0.440. The summed E-state index contributed by atoms with van der Waals surface area (Å²) in [6.07, 6.45) is 5.24. The second-order valence-corrected chi connectivity index (χ2v) is 9.55. The lowest BCUT2D eigenvalue weighted by atomic mass is 9.71. The zero-order valence-corrected chi connectivity index (χ0v) is 19.7. The molecule has 1 aliphatic carbocycles. The van der Waals surface area contributed by atoms with Gasteiger partial charge >= 0.3 is 0 Å². The molecule has 166 valence electrons. The summed E-state index contributed by atoms with van der Waals surface area (Å²) < 4.78 is 11.4. The number of hydrazone groups is 1. The first-order valence-electron chi connectivity index (χ1n) is 10.8. The highest BCUT2D eigenvalue weighted by molar-refractivity contribution is 7.80. The van der Waals surface area contributed by atoms with Gasteiger partial charge in [0, 0.05) is 6.04 Å². The second kappa shape index (κ2) is 10.6. The molecule has 0 aliphatic heterocycles. The minimum absolute atomic E-state index is 0.341. The Morgan fingerprint density at radius 3 is 2.65 bits per heavy atom. The fourth-order valence-electron chi connectivity index (χ4n) is 4.46. The third-order valence-corrected chi connectivity index (χ3v) is 5.74. The van der Waals surface area contributed by atoms with Crippen LogP contribution in [0, 0.1) is 11.3 Å². The molecular weight excluding hydrogens is 406 g/mol. The number of rotatable bonds is 7. The summed E-state index contributed by atoms with van der Waals surface area (Å²) in [4.78, 5) is 0. The topological polar surface area (TPSA) is 54.9 Å². The van der Waals surface area contributed by atoms with Gasteiger partial charge in [-0.2, -0.15) is 5.10 Å². The van der Waals surface area contributed by atoms with Crippen molar-refractivity contribution in [3.63, 3.8) is 0 Å². The molecule has 31 heavy (non-hydrogen) atoms. The van der Waals surface area contributed by atoms with E-state index in [4.69, 9.17) is 21.7 Å². The molecular formula is C25H33N3O2S. The molecule has 0 amide bonds. The Hall–Kier alpha value is -2.60. The van der Waals surface area contributed by atoms with E-state index in [1.807, 2.05) is 48.5 Å². The maximum atomic E-state index is 5.97. The van der Waals surface area contributed by atoms with Crippen LogP contribution in [-0.2, 0) is 6.61 Å². The van der Waals surface area contributed by atoms with Crippen LogP contribution >= 0.6 is 12.2 Å². The largest absolute Gasteiger partial charge is 0.493 e. The van der Waals surface area contributed by atoms with Gasteiger partial charge in [0.05, 0.1) is 13.3 Å². The van der Waals surface area contributed by atoms with E-state index < -0.39 is 0 Å². The smallest absolute Gasteiger partial charge is 0.187 e. The summed E-state index contributed by atoms with van der Waals surface area (Å²) in [5, 5.41) is 8.28. The SMILES string of the molecule is COc1ccc(/C=N\NC(=S)NC2CC(C)CC(C)(C)C2)cc1OCc1ccccc1. The third-order valence-electron chi connectivity index (χ3n) is 5.53. The predicted molar refractivity (Wildman–Crippen MR) is 131 cm³/mol. The van der Waals surface area contributed by atoms with Gasteiger partial charge in [-0.15, -0.1) is 0 Å². The first kappa shape index (κ1) is 23.1. The number of benzene rings is 2. The van der Waals surface area contributed by atoms with Crippen molar-refractivity contribution >= 4 is 23.5 Å². The minimum atomic E-state index is 0.341. The third kappa shape index (κ3) is 7.24. The molecule has 0 aromatic heterocycles. The summed E-state index contributed by atoms with van der Waals surface area (Å²) in [6.45, 7) is 7.44. The molecule has 2 N–H and O–H groups in total. The molecule has 3 rings (SSSR count). The average molecular weight is 440 g/mol. The zero-order chi connectivity index (χ0) is 22.3. The van der Waals surface area contributed by atoms with E-state index in [2.05, 4.69) is 36.6 Å². The van der Waals surface area contributed by atoms with Crippen LogP contribution in [0.3, 0.4) is 0 Å². The first-order chi connectivity index (χ1) is 14.8. The van der Waals surface area contributed by atoms with Gasteiger partial charge in [0.25, 0.3) is 0 Å². The highest BCUT2D eigenvalue weighted by atomic mass is 32.1. The van der Waals surface area contributed by atoms with Crippen LogP contribution in [-0.4, -0.2) is 24.5 Å². The van der Waals surface area contributed by atoms with E-state index >= 15 is 0 Å². The molecule has 6 heteroatoms. The number of nitrogens with one attached hydrogen (secondary N) is 2. The van der Waals surface area contributed by atoms with Crippen LogP contribution in [0.1, 0.15) is 51.2 Å². The number of methoxy groups -OCH3 is 1. The molecule has 1 saturated carbocycles.